The van der Waals surface area contributed by atoms with E-state index < -0.39 is 23.8 Å². The highest BCUT2D eigenvalue weighted by atomic mass is 19.2. The van der Waals surface area contributed by atoms with Crippen LogP contribution in [-0.4, -0.2) is 47.9 Å². The van der Waals surface area contributed by atoms with Crippen LogP contribution in [0.25, 0.3) is 0 Å². The van der Waals surface area contributed by atoms with E-state index in [1.54, 1.807) is 18.7 Å². The van der Waals surface area contributed by atoms with E-state index in [0.717, 1.165) is 6.07 Å². The molecule has 1 fully saturated rings. The van der Waals surface area contributed by atoms with Crippen LogP contribution < -0.4 is 5.32 Å². The largest absolute Gasteiger partial charge is 0.393 e. The second kappa shape index (κ2) is 7.70. The van der Waals surface area contributed by atoms with Gasteiger partial charge in [0.2, 0.25) is 0 Å². The number of benzene rings is 1. The zero-order chi connectivity index (χ0) is 17.0. The number of carbonyl (C=O) groups excluding carboxylic acids is 1. The molecule has 23 heavy (non-hydrogen) atoms. The maximum atomic E-state index is 13.8. The molecule has 1 saturated heterocycles. The summed E-state index contributed by atoms with van der Waals surface area (Å²) < 4.78 is 32.4. The van der Waals surface area contributed by atoms with E-state index >= 15 is 0 Å². The number of aliphatic hydroxyl groups excluding tert-OH is 1. The zero-order valence-corrected chi connectivity index (χ0v) is 13.3. The standard InChI is InChI=1S/C16H22F2N2O3/c1-10(21)8-12-9-23-7-6-20(12)16(22)19-11(2)13-4-3-5-14(17)15(13)18/h3-5,10-12,21H,6-9H2,1-2H3,(H,19,22)/t10-,11-,12-/m0/s1. The summed E-state index contributed by atoms with van der Waals surface area (Å²) in [5.74, 6) is -1.90. The number of aliphatic hydroxyl groups is 1. The molecule has 1 aliphatic rings. The summed E-state index contributed by atoms with van der Waals surface area (Å²) in [7, 11) is 0. The molecular formula is C16H22F2N2O3. The SMILES string of the molecule is C[C@H](O)C[C@H]1COCCN1C(=O)N[C@@H](C)c1cccc(F)c1F. The van der Waals surface area contributed by atoms with Crippen molar-refractivity contribution >= 4 is 6.03 Å². The van der Waals surface area contributed by atoms with Gasteiger partial charge < -0.3 is 20.1 Å². The predicted molar refractivity (Wildman–Crippen MR) is 80.9 cm³/mol. The maximum absolute atomic E-state index is 13.8. The van der Waals surface area contributed by atoms with Gasteiger partial charge in [-0.25, -0.2) is 13.6 Å². The van der Waals surface area contributed by atoms with Gasteiger partial charge >= 0.3 is 6.03 Å². The number of carbonyl (C=O) groups is 1. The average molecular weight is 328 g/mol. The molecule has 1 aliphatic heterocycles. The highest BCUT2D eigenvalue weighted by molar-refractivity contribution is 5.75. The van der Waals surface area contributed by atoms with Crippen molar-refractivity contribution < 1.29 is 23.4 Å². The minimum atomic E-state index is -0.956. The molecule has 0 aromatic heterocycles. The van der Waals surface area contributed by atoms with Crippen LogP contribution in [0.3, 0.4) is 0 Å². The van der Waals surface area contributed by atoms with Gasteiger partial charge in [-0.3, -0.25) is 0 Å². The van der Waals surface area contributed by atoms with E-state index in [4.69, 9.17) is 4.74 Å². The molecule has 1 heterocycles. The van der Waals surface area contributed by atoms with Gasteiger partial charge in [-0.2, -0.15) is 0 Å². The molecule has 0 saturated carbocycles. The molecule has 128 valence electrons. The Labute approximate surface area is 134 Å². The van der Waals surface area contributed by atoms with Gasteiger partial charge in [0.25, 0.3) is 0 Å². The molecule has 5 nitrogen and oxygen atoms in total. The first-order valence-electron chi connectivity index (χ1n) is 7.67. The molecule has 1 aromatic rings. The summed E-state index contributed by atoms with van der Waals surface area (Å²) >= 11 is 0. The molecule has 3 atom stereocenters. The second-order valence-electron chi connectivity index (χ2n) is 5.82. The van der Waals surface area contributed by atoms with Gasteiger partial charge in [0.05, 0.1) is 31.4 Å². The first kappa shape index (κ1) is 17.6. The summed E-state index contributed by atoms with van der Waals surface area (Å²) in [6, 6.07) is 2.59. The van der Waals surface area contributed by atoms with Crippen molar-refractivity contribution in [2.45, 2.75) is 38.5 Å². The second-order valence-corrected chi connectivity index (χ2v) is 5.82. The lowest BCUT2D eigenvalue weighted by molar-refractivity contribution is -0.00475. The number of urea groups is 1. The van der Waals surface area contributed by atoms with Crippen molar-refractivity contribution in [3.63, 3.8) is 0 Å². The van der Waals surface area contributed by atoms with Gasteiger partial charge in [-0.15, -0.1) is 0 Å². The highest BCUT2D eigenvalue weighted by Gasteiger charge is 2.29. The molecule has 0 bridgehead atoms. The number of hydrogen-bond donors (Lipinski definition) is 2. The van der Waals surface area contributed by atoms with Crippen LogP contribution in [0.1, 0.15) is 31.9 Å². The molecule has 0 radical (unpaired) electrons. The van der Waals surface area contributed by atoms with E-state index in [2.05, 4.69) is 5.32 Å². The van der Waals surface area contributed by atoms with Crippen LogP contribution in [0.2, 0.25) is 0 Å². The van der Waals surface area contributed by atoms with Gasteiger partial charge in [0.15, 0.2) is 11.6 Å². The molecule has 2 amide bonds. The third kappa shape index (κ3) is 4.39. The Hall–Kier alpha value is -1.73. The number of ether oxygens (including phenoxy) is 1. The van der Waals surface area contributed by atoms with Crippen molar-refractivity contribution in [2.24, 2.45) is 0 Å². The van der Waals surface area contributed by atoms with Crippen LogP contribution in [0.15, 0.2) is 18.2 Å². The summed E-state index contributed by atoms with van der Waals surface area (Å²) in [5.41, 5.74) is 0.0960. The normalized spacial score (nSPS) is 20.9. The number of nitrogens with zero attached hydrogens (tertiary/aromatic N) is 1. The Morgan fingerprint density at radius 2 is 2.22 bits per heavy atom. The number of rotatable bonds is 4. The van der Waals surface area contributed by atoms with Gasteiger partial charge in [0, 0.05) is 12.1 Å². The Balaban J connectivity index is 2.05. The lowest BCUT2D eigenvalue weighted by atomic mass is 10.1. The molecule has 1 aromatic carbocycles. The quantitative estimate of drug-likeness (QED) is 0.891. The topological polar surface area (TPSA) is 61.8 Å². The van der Waals surface area contributed by atoms with Crippen molar-refractivity contribution in [3.05, 3.63) is 35.4 Å². The van der Waals surface area contributed by atoms with E-state index in [1.807, 2.05) is 0 Å². The van der Waals surface area contributed by atoms with Crippen molar-refractivity contribution in [2.75, 3.05) is 19.8 Å². The molecule has 0 spiro atoms. The summed E-state index contributed by atoms with van der Waals surface area (Å²) in [4.78, 5) is 14.0. The van der Waals surface area contributed by atoms with Gasteiger partial charge in [0.1, 0.15) is 0 Å². The van der Waals surface area contributed by atoms with Gasteiger partial charge in [-0.05, 0) is 26.3 Å². The maximum Gasteiger partial charge on any atom is 0.318 e. The first-order chi connectivity index (χ1) is 10.9. The Bertz CT molecular complexity index is 554. The van der Waals surface area contributed by atoms with Crippen LogP contribution in [0.5, 0.6) is 0 Å². The minimum absolute atomic E-state index is 0.0960. The van der Waals surface area contributed by atoms with E-state index in [1.165, 1.54) is 12.1 Å². The minimum Gasteiger partial charge on any atom is -0.393 e. The Morgan fingerprint density at radius 1 is 1.48 bits per heavy atom. The fraction of sp³-hybridized carbons (Fsp3) is 0.562. The molecular weight excluding hydrogens is 306 g/mol. The van der Waals surface area contributed by atoms with Crippen LogP contribution in [0, 0.1) is 11.6 Å². The van der Waals surface area contributed by atoms with Crippen molar-refractivity contribution in [1.82, 2.24) is 10.2 Å². The Kier molecular flexibility index (Phi) is 5.90. The fourth-order valence-electron chi connectivity index (χ4n) is 2.71. The number of amides is 2. The number of nitrogens with one attached hydrogen (secondary N) is 1. The monoisotopic (exact) mass is 328 g/mol. The van der Waals surface area contributed by atoms with E-state index in [0.29, 0.717) is 26.2 Å². The first-order valence-corrected chi connectivity index (χ1v) is 7.67. The predicted octanol–water partition coefficient (Wildman–Crippen LogP) is 2.21. The lowest BCUT2D eigenvalue weighted by Gasteiger charge is -2.37. The van der Waals surface area contributed by atoms with Crippen molar-refractivity contribution in [1.29, 1.82) is 0 Å². The van der Waals surface area contributed by atoms with Crippen LogP contribution in [0.4, 0.5) is 13.6 Å². The summed E-state index contributed by atoms with van der Waals surface area (Å²) in [6.45, 7) is 4.39. The van der Waals surface area contributed by atoms with Crippen LogP contribution >= 0.6 is 0 Å². The smallest absolute Gasteiger partial charge is 0.318 e. The third-order valence-electron chi connectivity index (χ3n) is 3.89. The molecule has 2 N–H and O–H groups in total. The number of hydrogen-bond acceptors (Lipinski definition) is 3. The third-order valence-corrected chi connectivity index (χ3v) is 3.89. The lowest BCUT2D eigenvalue weighted by Crippen LogP contribution is -2.53. The number of halogens is 2. The molecule has 0 aliphatic carbocycles. The van der Waals surface area contributed by atoms with Crippen LogP contribution in [-0.2, 0) is 4.74 Å². The average Bonchev–Trinajstić information content (AvgIpc) is 2.49. The highest BCUT2D eigenvalue weighted by Crippen LogP contribution is 2.20. The summed E-state index contributed by atoms with van der Waals surface area (Å²) in [5, 5.41) is 12.2. The fourth-order valence-corrected chi connectivity index (χ4v) is 2.71. The number of morpholine rings is 1. The Morgan fingerprint density at radius 3 is 2.91 bits per heavy atom. The zero-order valence-electron chi connectivity index (χ0n) is 13.3. The van der Waals surface area contributed by atoms with Crippen molar-refractivity contribution in [3.8, 4) is 0 Å². The van der Waals surface area contributed by atoms with Gasteiger partial charge in [-0.1, -0.05) is 12.1 Å². The summed E-state index contributed by atoms with van der Waals surface area (Å²) in [6.07, 6.45) is -0.161. The van der Waals surface area contributed by atoms with E-state index in [-0.39, 0.29) is 17.6 Å². The molecule has 2 rings (SSSR count). The molecule has 7 heteroatoms. The molecule has 0 unspecified atom stereocenters. The van der Waals surface area contributed by atoms with E-state index in [9.17, 15) is 18.7 Å².